The van der Waals surface area contributed by atoms with Crippen molar-refractivity contribution in [2.24, 2.45) is 0 Å². The summed E-state index contributed by atoms with van der Waals surface area (Å²) in [6.07, 6.45) is 3.35. The molecule has 0 aliphatic carbocycles. The van der Waals surface area contributed by atoms with Gasteiger partial charge < -0.3 is 9.64 Å². The van der Waals surface area contributed by atoms with Crippen molar-refractivity contribution in [2.45, 2.75) is 32.8 Å². The topological polar surface area (TPSA) is 73.1 Å². The normalized spacial score (nSPS) is 16.8. The molecule has 144 valence electrons. The van der Waals surface area contributed by atoms with Crippen molar-refractivity contribution in [1.82, 2.24) is 24.9 Å². The summed E-state index contributed by atoms with van der Waals surface area (Å²) in [5.41, 5.74) is 3.25. The molecule has 1 saturated heterocycles. The number of aromatic nitrogens is 4. The van der Waals surface area contributed by atoms with Crippen molar-refractivity contribution >= 4 is 5.91 Å². The fraction of sp³-hybridized carbons (Fsp3) is 0.333. The molecule has 7 nitrogen and oxygen atoms in total. The van der Waals surface area contributed by atoms with Gasteiger partial charge in [0.2, 0.25) is 5.88 Å². The number of rotatable bonds is 4. The molecule has 1 fully saturated rings. The zero-order valence-corrected chi connectivity index (χ0v) is 16.1. The summed E-state index contributed by atoms with van der Waals surface area (Å²) in [5.74, 6) is 0.487. The molecule has 1 aromatic carbocycles. The highest BCUT2D eigenvalue weighted by molar-refractivity contribution is 5.95. The predicted molar refractivity (Wildman–Crippen MR) is 105 cm³/mol. The van der Waals surface area contributed by atoms with E-state index in [-0.39, 0.29) is 12.0 Å². The number of likely N-dealkylation sites (tertiary alicyclic amines) is 1. The number of para-hydroxylation sites is 1. The Morgan fingerprint density at radius 1 is 1.11 bits per heavy atom. The van der Waals surface area contributed by atoms with E-state index in [1.807, 2.05) is 61.2 Å². The molecule has 0 spiro atoms. The molecule has 3 heterocycles. The van der Waals surface area contributed by atoms with E-state index in [1.165, 1.54) is 0 Å². The molecule has 0 N–H and O–H groups in total. The number of nitrogens with zero attached hydrogens (tertiary/aromatic N) is 5. The molecule has 1 amide bonds. The Bertz CT molecular complexity index is 953. The third kappa shape index (κ3) is 3.74. The molecule has 2 aromatic heterocycles. The average Bonchev–Trinajstić information content (AvgIpc) is 3.11. The van der Waals surface area contributed by atoms with Crippen LogP contribution in [0.1, 0.15) is 34.6 Å². The van der Waals surface area contributed by atoms with Crippen LogP contribution in [0.25, 0.3) is 5.69 Å². The van der Waals surface area contributed by atoms with E-state index in [1.54, 1.807) is 10.9 Å². The largest absolute Gasteiger partial charge is 0.471 e. The quantitative estimate of drug-likeness (QED) is 0.699. The van der Waals surface area contributed by atoms with E-state index in [0.29, 0.717) is 24.5 Å². The fourth-order valence-corrected chi connectivity index (χ4v) is 3.46. The zero-order chi connectivity index (χ0) is 19.5. The second-order valence-electron chi connectivity index (χ2n) is 7.04. The zero-order valence-electron chi connectivity index (χ0n) is 16.1. The van der Waals surface area contributed by atoms with Gasteiger partial charge in [0.1, 0.15) is 6.10 Å². The highest BCUT2D eigenvalue weighted by Gasteiger charge is 2.28. The van der Waals surface area contributed by atoms with E-state index in [2.05, 4.69) is 15.3 Å². The third-order valence-electron chi connectivity index (χ3n) is 4.97. The minimum Gasteiger partial charge on any atom is -0.471 e. The number of piperidine rings is 1. The predicted octanol–water partition coefficient (Wildman–Crippen LogP) is 2.96. The number of carbonyl (C=O) groups is 1. The Labute approximate surface area is 164 Å². The molecule has 7 heteroatoms. The second kappa shape index (κ2) is 7.80. The number of hydrogen-bond donors (Lipinski definition) is 0. The van der Waals surface area contributed by atoms with E-state index >= 15 is 0 Å². The molecule has 4 rings (SSSR count). The van der Waals surface area contributed by atoms with Crippen molar-refractivity contribution in [1.29, 1.82) is 0 Å². The summed E-state index contributed by atoms with van der Waals surface area (Å²) in [6.45, 7) is 5.06. The van der Waals surface area contributed by atoms with Gasteiger partial charge in [0.25, 0.3) is 5.91 Å². The van der Waals surface area contributed by atoms with Crippen LogP contribution in [-0.2, 0) is 0 Å². The van der Waals surface area contributed by atoms with Gasteiger partial charge in [0, 0.05) is 12.6 Å². The molecular weight excluding hydrogens is 354 g/mol. The molecule has 28 heavy (non-hydrogen) atoms. The number of hydrogen-bond acceptors (Lipinski definition) is 5. The number of ether oxygens (including phenoxy) is 1. The van der Waals surface area contributed by atoms with Gasteiger partial charge in [-0.15, -0.1) is 5.10 Å². The maximum Gasteiger partial charge on any atom is 0.257 e. The minimum absolute atomic E-state index is 0.0111. The Kier molecular flexibility index (Phi) is 5.06. The maximum atomic E-state index is 13.1. The number of aryl methyl sites for hydroxylation is 1. The van der Waals surface area contributed by atoms with Gasteiger partial charge in [-0.25, -0.2) is 4.68 Å². The molecule has 3 aromatic rings. The lowest BCUT2D eigenvalue weighted by Crippen LogP contribution is -2.44. The molecule has 0 saturated carbocycles. The van der Waals surface area contributed by atoms with Crippen LogP contribution >= 0.6 is 0 Å². The van der Waals surface area contributed by atoms with Crippen LogP contribution in [0, 0.1) is 13.8 Å². The monoisotopic (exact) mass is 377 g/mol. The van der Waals surface area contributed by atoms with E-state index < -0.39 is 0 Å². The Morgan fingerprint density at radius 2 is 1.93 bits per heavy atom. The van der Waals surface area contributed by atoms with Crippen LogP contribution in [0.3, 0.4) is 0 Å². The molecule has 1 aliphatic rings. The molecule has 1 atom stereocenters. The summed E-state index contributed by atoms with van der Waals surface area (Å²) >= 11 is 0. The smallest absolute Gasteiger partial charge is 0.257 e. The Morgan fingerprint density at radius 3 is 2.68 bits per heavy atom. The first-order chi connectivity index (χ1) is 13.6. The van der Waals surface area contributed by atoms with Gasteiger partial charge >= 0.3 is 0 Å². The van der Waals surface area contributed by atoms with Gasteiger partial charge in [0.05, 0.1) is 35.4 Å². The van der Waals surface area contributed by atoms with Crippen molar-refractivity contribution < 1.29 is 9.53 Å². The van der Waals surface area contributed by atoms with Crippen molar-refractivity contribution in [3.05, 3.63) is 65.6 Å². The van der Waals surface area contributed by atoms with Crippen LogP contribution in [0.5, 0.6) is 5.88 Å². The standard InChI is InChI=1S/C21H23N5O2/c1-15-10-11-20(24-23-15)28-18-9-6-12-25(14-18)21(27)19-13-22-26(16(19)2)17-7-4-3-5-8-17/h3-5,7-8,10-11,13,18H,6,9,12,14H2,1-2H3. The first kappa shape index (κ1) is 18.2. The van der Waals surface area contributed by atoms with Crippen LogP contribution in [0.2, 0.25) is 0 Å². The van der Waals surface area contributed by atoms with E-state index in [4.69, 9.17) is 4.74 Å². The van der Waals surface area contributed by atoms with Crippen LogP contribution < -0.4 is 4.74 Å². The van der Waals surface area contributed by atoms with Gasteiger partial charge in [-0.3, -0.25) is 4.79 Å². The van der Waals surface area contributed by atoms with Crippen molar-refractivity contribution in [3.8, 4) is 11.6 Å². The summed E-state index contributed by atoms with van der Waals surface area (Å²) in [5, 5.41) is 12.5. The lowest BCUT2D eigenvalue weighted by atomic mass is 10.1. The maximum absolute atomic E-state index is 13.1. The van der Waals surface area contributed by atoms with E-state index in [9.17, 15) is 4.79 Å². The highest BCUT2D eigenvalue weighted by atomic mass is 16.5. The van der Waals surface area contributed by atoms with Crippen molar-refractivity contribution in [2.75, 3.05) is 13.1 Å². The van der Waals surface area contributed by atoms with Crippen LogP contribution in [0.15, 0.2) is 48.7 Å². The first-order valence-corrected chi connectivity index (χ1v) is 9.48. The van der Waals surface area contributed by atoms with Gasteiger partial charge in [-0.1, -0.05) is 18.2 Å². The average molecular weight is 377 g/mol. The first-order valence-electron chi connectivity index (χ1n) is 9.48. The summed E-state index contributed by atoms with van der Waals surface area (Å²) in [4.78, 5) is 14.9. The summed E-state index contributed by atoms with van der Waals surface area (Å²) in [6, 6.07) is 13.5. The Balaban J connectivity index is 1.47. The highest BCUT2D eigenvalue weighted by Crippen LogP contribution is 2.21. The summed E-state index contributed by atoms with van der Waals surface area (Å²) in [7, 11) is 0. The van der Waals surface area contributed by atoms with Crippen molar-refractivity contribution in [3.63, 3.8) is 0 Å². The number of amides is 1. The van der Waals surface area contributed by atoms with E-state index in [0.717, 1.165) is 29.9 Å². The second-order valence-corrected chi connectivity index (χ2v) is 7.04. The molecule has 1 aliphatic heterocycles. The fourth-order valence-electron chi connectivity index (χ4n) is 3.46. The lowest BCUT2D eigenvalue weighted by Gasteiger charge is -2.32. The number of benzene rings is 1. The third-order valence-corrected chi connectivity index (χ3v) is 4.97. The Hall–Kier alpha value is -3.22. The molecular formula is C21H23N5O2. The molecule has 0 bridgehead atoms. The van der Waals surface area contributed by atoms with Gasteiger partial charge in [-0.2, -0.15) is 10.2 Å². The lowest BCUT2D eigenvalue weighted by molar-refractivity contribution is 0.0525. The van der Waals surface area contributed by atoms with Gasteiger partial charge in [0.15, 0.2) is 0 Å². The molecule has 0 radical (unpaired) electrons. The summed E-state index contributed by atoms with van der Waals surface area (Å²) < 4.78 is 7.74. The molecule has 1 unspecified atom stereocenters. The number of carbonyl (C=O) groups excluding carboxylic acids is 1. The van der Waals surface area contributed by atoms with Crippen LogP contribution in [-0.4, -0.2) is 50.0 Å². The van der Waals surface area contributed by atoms with Gasteiger partial charge in [-0.05, 0) is 44.9 Å². The van der Waals surface area contributed by atoms with Crippen LogP contribution in [0.4, 0.5) is 0 Å². The SMILES string of the molecule is Cc1ccc(OC2CCCN(C(=O)c3cnn(-c4ccccc4)c3C)C2)nn1. The minimum atomic E-state index is -0.0841.